The summed E-state index contributed by atoms with van der Waals surface area (Å²) in [4.78, 5) is 11.9. The highest BCUT2D eigenvalue weighted by atomic mass is 32.2. The number of carbonyl (C=O) groups is 1. The molecule has 118 valence electrons. The maximum Gasteiger partial charge on any atom is 0.280 e. The third-order valence-corrected chi connectivity index (χ3v) is 5.08. The maximum absolute atomic E-state index is 12.3. The van der Waals surface area contributed by atoms with E-state index in [4.69, 9.17) is 0 Å². The van der Waals surface area contributed by atoms with Gasteiger partial charge in [-0.05, 0) is 47.5 Å². The zero-order valence-electron chi connectivity index (χ0n) is 13.1. The standard InChI is InChI=1S/C13H27N3O3S/c1-10-8-6-7-9-16(10)20(18,19)15-11(2)12(17)14-13(3,4)5/h10-11,15H,6-9H2,1-5H3,(H,14,17)/t10-,11+/m1/s1. The van der Waals surface area contributed by atoms with E-state index in [1.165, 1.54) is 4.31 Å². The molecule has 1 aliphatic rings. The number of amides is 1. The van der Waals surface area contributed by atoms with Crippen LogP contribution in [0.15, 0.2) is 0 Å². The van der Waals surface area contributed by atoms with Gasteiger partial charge in [-0.2, -0.15) is 17.4 Å². The molecule has 0 aromatic heterocycles. The molecule has 0 spiro atoms. The Balaban J connectivity index is 2.68. The maximum atomic E-state index is 12.3. The van der Waals surface area contributed by atoms with Crippen molar-refractivity contribution in [2.75, 3.05) is 6.54 Å². The Hall–Kier alpha value is -0.660. The summed E-state index contributed by atoms with van der Waals surface area (Å²) in [6.07, 6.45) is 2.78. The number of hydrogen-bond acceptors (Lipinski definition) is 3. The molecule has 20 heavy (non-hydrogen) atoms. The molecule has 0 aliphatic carbocycles. The van der Waals surface area contributed by atoms with Crippen molar-refractivity contribution >= 4 is 16.1 Å². The third kappa shape index (κ3) is 5.03. The number of piperidine rings is 1. The molecule has 0 radical (unpaired) electrons. The summed E-state index contributed by atoms with van der Waals surface area (Å²) in [5.74, 6) is -0.314. The molecule has 1 saturated heterocycles. The molecule has 6 nitrogen and oxygen atoms in total. The van der Waals surface area contributed by atoms with Gasteiger partial charge in [0.25, 0.3) is 10.2 Å². The Labute approximate surface area is 122 Å². The van der Waals surface area contributed by atoms with Gasteiger partial charge < -0.3 is 5.32 Å². The van der Waals surface area contributed by atoms with Gasteiger partial charge in [-0.15, -0.1) is 0 Å². The van der Waals surface area contributed by atoms with Gasteiger partial charge in [0.1, 0.15) is 0 Å². The molecule has 0 aromatic rings. The summed E-state index contributed by atoms with van der Waals surface area (Å²) >= 11 is 0. The highest BCUT2D eigenvalue weighted by molar-refractivity contribution is 7.87. The van der Waals surface area contributed by atoms with Gasteiger partial charge in [0.2, 0.25) is 5.91 Å². The summed E-state index contributed by atoms with van der Waals surface area (Å²) < 4.78 is 28.5. The average Bonchev–Trinajstić information content (AvgIpc) is 2.26. The van der Waals surface area contributed by atoms with E-state index in [-0.39, 0.29) is 17.5 Å². The number of hydrogen-bond donors (Lipinski definition) is 2. The van der Waals surface area contributed by atoms with Crippen molar-refractivity contribution in [1.29, 1.82) is 0 Å². The molecule has 2 N–H and O–H groups in total. The van der Waals surface area contributed by atoms with E-state index in [2.05, 4.69) is 10.0 Å². The Kier molecular flexibility index (Phi) is 5.57. The summed E-state index contributed by atoms with van der Waals surface area (Å²) in [6.45, 7) is 9.56. The zero-order chi connectivity index (χ0) is 15.6. The van der Waals surface area contributed by atoms with Crippen molar-refractivity contribution in [3.05, 3.63) is 0 Å². The third-order valence-electron chi connectivity index (χ3n) is 3.27. The number of carbonyl (C=O) groups excluding carboxylic acids is 1. The molecule has 0 saturated carbocycles. The predicted octanol–water partition coefficient (Wildman–Crippen LogP) is 0.998. The Morgan fingerprint density at radius 1 is 1.30 bits per heavy atom. The quantitative estimate of drug-likeness (QED) is 0.813. The first-order valence-electron chi connectivity index (χ1n) is 7.14. The van der Waals surface area contributed by atoms with Crippen LogP contribution < -0.4 is 10.0 Å². The Morgan fingerprint density at radius 2 is 1.90 bits per heavy atom. The number of rotatable bonds is 4. The lowest BCUT2D eigenvalue weighted by atomic mass is 10.1. The second-order valence-corrected chi connectivity index (χ2v) is 8.19. The predicted molar refractivity (Wildman–Crippen MR) is 79.4 cm³/mol. The largest absolute Gasteiger partial charge is 0.350 e. The second kappa shape index (κ2) is 6.41. The number of nitrogens with one attached hydrogen (secondary N) is 2. The van der Waals surface area contributed by atoms with Gasteiger partial charge in [-0.1, -0.05) is 6.42 Å². The van der Waals surface area contributed by atoms with Crippen LogP contribution >= 0.6 is 0 Å². The van der Waals surface area contributed by atoms with Crippen LogP contribution in [-0.2, 0) is 15.0 Å². The van der Waals surface area contributed by atoms with Gasteiger partial charge in [0.05, 0.1) is 6.04 Å². The van der Waals surface area contributed by atoms with Gasteiger partial charge in [0.15, 0.2) is 0 Å². The molecule has 1 aliphatic heterocycles. The lowest BCUT2D eigenvalue weighted by molar-refractivity contribution is -0.123. The van der Waals surface area contributed by atoms with Crippen molar-refractivity contribution in [1.82, 2.24) is 14.3 Å². The highest BCUT2D eigenvalue weighted by Gasteiger charge is 2.32. The molecule has 0 aromatic carbocycles. The average molecular weight is 305 g/mol. The Morgan fingerprint density at radius 3 is 2.40 bits per heavy atom. The fourth-order valence-electron chi connectivity index (χ4n) is 2.25. The zero-order valence-corrected chi connectivity index (χ0v) is 13.9. The van der Waals surface area contributed by atoms with Gasteiger partial charge in [-0.3, -0.25) is 4.79 Å². The van der Waals surface area contributed by atoms with Crippen LogP contribution in [-0.4, -0.2) is 42.8 Å². The lowest BCUT2D eigenvalue weighted by Crippen LogP contribution is -2.55. The van der Waals surface area contributed by atoms with E-state index in [0.717, 1.165) is 19.3 Å². The van der Waals surface area contributed by atoms with E-state index in [9.17, 15) is 13.2 Å². The SMILES string of the molecule is C[C@H](NS(=O)(=O)N1CCCC[C@H]1C)C(=O)NC(C)(C)C. The monoisotopic (exact) mass is 305 g/mol. The minimum Gasteiger partial charge on any atom is -0.350 e. The minimum atomic E-state index is -3.61. The van der Waals surface area contributed by atoms with Crippen LogP contribution in [0.5, 0.6) is 0 Å². The van der Waals surface area contributed by atoms with Crippen LogP contribution in [0.1, 0.15) is 53.9 Å². The molecular weight excluding hydrogens is 278 g/mol. The van der Waals surface area contributed by atoms with Crippen LogP contribution in [0.4, 0.5) is 0 Å². The first kappa shape index (κ1) is 17.4. The van der Waals surface area contributed by atoms with E-state index in [1.54, 1.807) is 6.92 Å². The molecule has 1 amide bonds. The van der Waals surface area contributed by atoms with E-state index in [0.29, 0.717) is 6.54 Å². The lowest BCUT2D eigenvalue weighted by Gasteiger charge is -2.33. The molecule has 0 unspecified atom stereocenters. The summed E-state index contributed by atoms with van der Waals surface area (Å²) in [5.41, 5.74) is -0.380. The van der Waals surface area contributed by atoms with E-state index >= 15 is 0 Å². The van der Waals surface area contributed by atoms with Gasteiger partial charge in [0, 0.05) is 18.1 Å². The van der Waals surface area contributed by atoms with Crippen LogP contribution in [0.2, 0.25) is 0 Å². The van der Waals surface area contributed by atoms with E-state index < -0.39 is 16.3 Å². The van der Waals surface area contributed by atoms with Gasteiger partial charge in [-0.25, -0.2) is 0 Å². The molecule has 1 fully saturated rings. The van der Waals surface area contributed by atoms with Crippen molar-refractivity contribution < 1.29 is 13.2 Å². The molecular formula is C13H27N3O3S. The van der Waals surface area contributed by atoms with Gasteiger partial charge >= 0.3 is 0 Å². The van der Waals surface area contributed by atoms with E-state index in [1.807, 2.05) is 27.7 Å². The molecule has 7 heteroatoms. The Bertz CT molecular complexity index is 442. The molecule has 1 rings (SSSR count). The van der Waals surface area contributed by atoms with Crippen LogP contribution in [0, 0.1) is 0 Å². The topological polar surface area (TPSA) is 78.5 Å². The van der Waals surface area contributed by atoms with Crippen molar-refractivity contribution in [2.45, 2.75) is 71.5 Å². The molecule has 2 atom stereocenters. The van der Waals surface area contributed by atoms with Crippen molar-refractivity contribution in [3.8, 4) is 0 Å². The fourth-order valence-corrected chi connectivity index (χ4v) is 3.89. The molecule has 0 bridgehead atoms. The van der Waals surface area contributed by atoms with Crippen molar-refractivity contribution in [3.63, 3.8) is 0 Å². The highest BCUT2D eigenvalue weighted by Crippen LogP contribution is 2.19. The summed E-state index contributed by atoms with van der Waals surface area (Å²) in [7, 11) is -3.61. The first-order valence-corrected chi connectivity index (χ1v) is 8.58. The van der Waals surface area contributed by atoms with Crippen molar-refractivity contribution in [2.24, 2.45) is 0 Å². The normalized spacial score (nSPS) is 23.4. The van der Waals surface area contributed by atoms with Crippen LogP contribution in [0.25, 0.3) is 0 Å². The summed E-state index contributed by atoms with van der Waals surface area (Å²) in [6, 6.07) is -0.799. The second-order valence-electron chi connectivity index (χ2n) is 6.54. The first-order chi connectivity index (χ1) is 9.03. The smallest absolute Gasteiger partial charge is 0.280 e. The van der Waals surface area contributed by atoms with Crippen LogP contribution in [0.3, 0.4) is 0 Å². The number of nitrogens with zero attached hydrogens (tertiary/aromatic N) is 1. The summed E-state index contributed by atoms with van der Waals surface area (Å²) in [5, 5.41) is 2.77. The molecule has 1 heterocycles. The fraction of sp³-hybridized carbons (Fsp3) is 0.923. The minimum absolute atomic E-state index is 0.0147.